The molecule has 0 saturated heterocycles. The van der Waals surface area contributed by atoms with Crippen LogP contribution in [0.2, 0.25) is 0 Å². The van der Waals surface area contributed by atoms with Crippen molar-refractivity contribution >= 4 is 0 Å². The Bertz CT molecular complexity index is 271. The molecule has 0 spiro atoms. The van der Waals surface area contributed by atoms with Crippen molar-refractivity contribution in [2.75, 3.05) is 6.54 Å². The number of nitrogens with zero attached hydrogens (tertiary/aromatic N) is 2. The van der Waals surface area contributed by atoms with Gasteiger partial charge in [-0.1, -0.05) is 6.92 Å². The summed E-state index contributed by atoms with van der Waals surface area (Å²) in [5, 5.41) is 0. The van der Waals surface area contributed by atoms with Gasteiger partial charge in [0.05, 0.1) is 6.33 Å². The molecule has 1 unspecified atom stereocenters. The van der Waals surface area contributed by atoms with E-state index in [0.717, 1.165) is 12.3 Å². The van der Waals surface area contributed by atoms with Crippen LogP contribution in [-0.4, -0.2) is 16.1 Å². The molecule has 1 aromatic rings. The molecule has 1 aromatic heterocycles. The van der Waals surface area contributed by atoms with E-state index in [1.54, 1.807) is 0 Å². The molecule has 1 saturated carbocycles. The maximum atomic E-state index is 5.72. The summed E-state index contributed by atoms with van der Waals surface area (Å²) in [6.45, 7) is 2.89. The summed E-state index contributed by atoms with van der Waals surface area (Å²) in [5.41, 5.74) is 7.10. The lowest BCUT2D eigenvalue weighted by Gasteiger charge is -2.17. The van der Waals surface area contributed by atoms with Crippen molar-refractivity contribution in [3.8, 4) is 0 Å². The second kappa shape index (κ2) is 3.50. The zero-order chi connectivity index (χ0) is 9.26. The summed E-state index contributed by atoms with van der Waals surface area (Å²) in [6, 6.07) is 0.443. The van der Waals surface area contributed by atoms with E-state index < -0.39 is 0 Å². The zero-order valence-electron chi connectivity index (χ0n) is 8.11. The van der Waals surface area contributed by atoms with Crippen molar-refractivity contribution in [2.24, 2.45) is 5.73 Å². The number of rotatable bonds is 4. The minimum absolute atomic E-state index is 0.443. The molecular formula is C10H17N3. The molecule has 3 heteroatoms. The van der Waals surface area contributed by atoms with Crippen LogP contribution in [0.5, 0.6) is 0 Å². The van der Waals surface area contributed by atoms with Crippen molar-refractivity contribution in [3.05, 3.63) is 18.2 Å². The van der Waals surface area contributed by atoms with E-state index in [1.807, 2.05) is 12.5 Å². The summed E-state index contributed by atoms with van der Waals surface area (Å²) in [5.74, 6) is 0.767. The van der Waals surface area contributed by atoms with E-state index in [4.69, 9.17) is 5.73 Å². The maximum Gasteiger partial charge on any atom is 0.0951 e. The zero-order valence-corrected chi connectivity index (χ0v) is 8.11. The number of nitrogens with two attached hydrogens (primary N) is 1. The monoisotopic (exact) mass is 179 g/mol. The van der Waals surface area contributed by atoms with E-state index in [-0.39, 0.29) is 0 Å². The molecule has 3 nitrogen and oxygen atoms in total. The van der Waals surface area contributed by atoms with Gasteiger partial charge in [0, 0.05) is 30.4 Å². The number of imidazole rings is 1. The number of hydrogen-bond donors (Lipinski definition) is 1. The van der Waals surface area contributed by atoms with E-state index in [0.29, 0.717) is 12.6 Å². The Kier molecular flexibility index (Phi) is 2.36. The minimum atomic E-state index is 0.443. The normalized spacial score (nSPS) is 18.9. The molecule has 1 heterocycles. The van der Waals surface area contributed by atoms with Crippen LogP contribution in [0.1, 0.15) is 43.8 Å². The summed E-state index contributed by atoms with van der Waals surface area (Å²) in [7, 11) is 0. The molecule has 2 N–H and O–H groups in total. The van der Waals surface area contributed by atoms with Gasteiger partial charge in [0.25, 0.3) is 0 Å². The smallest absolute Gasteiger partial charge is 0.0951 e. The lowest BCUT2D eigenvalue weighted by atomic mass is 10.2. The van der Waals surface area contributed by atoms with Gasteiger partial charge in [-0.15, -0.1) is 0 Å². The fraction of sp³-hybridized carbons (Fsp3) is 0.700. The molecule has 72 valence electrons. The predicted molar refractivity (Wildman–Crippen MR) is 52.6 cm³/mol. The average molecular weight is 179 g/mol. The molecule has 1 aliphatic carbocycles. The second-order valence-electron chi connectivity index (χ2n) is 3.80. The Morgan fingerprint density at radius 2 is 2.46 bits per heavy atom. The van der Waals surface area contributed by atoms with Crippen LogP contribution in [0.4, 0.5) is 0 Å². The fourth-order valence-corrected chi connectivity index (χ4v) is 1.79. The van der Waals surface area contributed by atoms with Gasteiger partial charge in [0.15, 0.2) is 0 Å². The highest BCUT2D eigenvalue weighted by Gasteiger charge is 2.28. The summed E-state index contributed by atoms with van der Waals surface area (Å²) in [4.78, 5) is 4.21. The van der Waals surface area contributed by atoms with E-state index in [2.05, 4.69) is 16.5 Å². The third-order valence-electron chi connectivity index (χ3n) is 2.83. The van der Waals surface area contributed by atoms with Gasteiger partial charge >= 0.3 is 0 Å². The first-order chi connectivity index (χ1) is 6.36. The predicted octanol–water partition coefficient (Wildman–Crippen LogP) is 1.67. The van der Waals surface area contributed by atoms with Crippen LogP contribution in [0.3, 0.4) is 0 Å². The van der Waals surface area contributed by atoms with Crippen LogP contribution in [0.15, 0.2) is 12.5 Å². The molecule has 1 atom stereocenters. The average Bonchev–Trinajstić information content (AvgIpc) is 2.89. The highest BCUT2D eigenvalue weighted by Crippen LogP contribution is 2.40. The van der Waals surface area contributed by atoms with Crippen LogP contribution in [0.25, 0.3) is 0 Å². The Labute approximate surface area is 79.0 Å². The van der Waals surface area contributed by atoms with Crippen molar-refractivity contribution in [1.29, 1.82) is 0 Å². The Morgan fingerprint density at radius 1 is 1.69 bits per heavy atom. The Morgan fingerprint density at radius 3 is 3.00 bits per heavy atom. The van der Waals surface area contributed by atoms with Crippen LogP contribution < -0.4 is 5.73 Å². The molecule has 0 amide bonds. The lowest BCUT2D eigenvalue weighted by molar-refractivity contribution is 0.481. The van der Waals surface area contributed by atoms with Gasteiger partial charge in [0.1, 0.15) is 0 Å². The molecule has 0 aliphatic heterocycles. The van der Waals surface area contributed by atoms with Gasteiger partial charge < -0.3 is 10.3 Å². The Balaban J connectivity index is 2.21. The van der Waals surface area contributed by atoms with Gasteiger partial charge in [-0.3, -0.25) is 0 Å². The molecule has 1 aliphatic rings. The molecule has 2 rings (SSSR count). The van der Waals surface area contributed by atoms with Crippen molar-refractivity contribution in [2.45, 2.75) is 38.1 Å². The third-order valence-corrected chi connectivity index (χ3v) is 2.83. The number of hydrogen-bond acceptors (Lipinski definition) is 2. The molecule has 1 fully saturated rings. The van der Waals surface area contributed by atoms with Gasteiger partial charge in [-0.05, 0) is 19.3 Å². The highest BCUT2D eigenvalue weighted by atomic mass is 15.1. The summed E-state index contributed by atoms with van der Waals surface area (Å²) in [6.07, 6.45) is 7.66. The Hall–Kier alpha value is -0.830. The first kappa shape index (κ1) is 8.75. The SMILES string of the molecule is CCC(CN)n1cncc1C1CC1. The first-order valence-electron chi connectivity index (χ1n) is 5.08. The second-order valence-corrected chi connectivity index (χ2v) is 3.80. The fourth-order valence-electron chi connectivity index (χ4n) is 1.79. The van der Waals surface area contributed by atoms with Gasteiger partial charge in [0.2, 0.25) is 0 Å². The first-order valence-corrected chi connectivity index (χ1v) is 5.08. The molecule has 13 heavy (non-hydrogen) atoms. The van der Waals surface area contributed by atoms with Gasteiger partial charge in [-0.25, -0.2) is 4.98 Å². The van der Waals surface area contributed by atoms with E-state index >= 15 is 0 Å². The van der Waals surface area contributed by atoms with Crippen molar-refractivity contribution in [3.63, 3.8) is 0 Å². The standard InChI is InChI=1S/C10H17N3/c1-2-9(5-11)13-7-12-6-10(13)8-3-4-8/h6-9H,2-5,11H2,1H3. The topological polar surface area (TPSA) is 43.8 Å². The van der Waals surface area contributed by atoms with Crippen LogP contribution >= 0.6 is 0 Å². The summed E-state index contributed by atoms with van der Waals surface area (Å²) < 4.78 is 2.26. The minimum Gasteiger partial charge on any atom is -0.330 e. The molecule has 0 aromatic carbocycles. The van der Waals surface area contributed by atoms with E-state index in [1.165, 1.54) is 18.5 Å². The van der Waals surface area contributed by atoms with Crippen molar-refractivity contribution < 1.29 is 0 Å². The highest BCUT2D eigenvalue weighted by molar-refractivity contribution is 5.13. The third kappa shape index (κ3) is 1.61. The molecule has 0 bridgehead atoms. The quantitative estimate of drug-likeness (QED) is 0.764. The van der Waals surface area contributed by atoms with Crippen molar-refractivity contribution in [1.82, 2.24) is 9.55 Å². The van der Waals surface area contributed by atoms with Crippen LogP contribution in [0, 0.1) is 0 Å². The molecular weight excluding hydrogens is 162 g/mol. The number of aromatic nitrogens is 2. The molecule has 0 radical (unpaired) electrons. The lowest BCUT2D eigenvalue weighted by Crippen LogP contribution is -2.19. The maximum absolute atomic E-state index is 5.72. The van der Waals surface area contributed by atoms with Gasteiger partial charge in [-0.2, -0.15) is 0 Å². The largest absolute Gasteiger partial charge is 0.330 e. The van der Waals surface area contributed by atoms with Crippen LogP contribution in [-0.2, 0) is 0 Å². The summed E-state index contributed by atoms with van der Waals surface area (Å²) >= 11 is 0. The van der Waals surface area contributed by atoms with E-state index in [9.17, 15) is 0 Å².